The number of carbonyl (C=O) groups is 3. The molecule has 10 heteroatoms. The van der Waals surface area contributed by atoms with Crippen molar-refractivity contribution < 1.29 is 29.0 Å². The number of thioether (sulfide) groups is 1. The second kappa shape index (κ2) is 9.56. The lowest BCUT2D eigenvalue weighted by molar-refractivity contribution is -0.141. The molecule has 1 atom stereocenters. The molecule has 0 aliphatic carbocycles. The van der Waals surface area contributed by atoms with Gasteiger partial charge >= 0.3 is 5.97 Å². The zero-order valence-electron chi connectivity index (χ0n) is 15.6. The highest BCUT2D eigenvalue weighted by Crippen LogP contribution is 2.34. The van der Waals surface area contributed by atoms with E-state index in [1.165, 1.54) is 26.0 Å². The molecule has 1 saturated heterocycles. The summed E-state index contributed by atoms with van der Waals surface area (Å²) < 4.78 is 10.8. The number of methoxy groups -OCH3 is 2. The molecule has 1 fully saturated rings. The number of nitrogens with one attached hydrogen (secondary N) is 1. The minimum absolute atomic E-state index is 0.0479. The zero-order chi connectivity index (χ0) is 20.8. The Balaban J connectivity index is 2.06. The number of aliphatic carboxylic acids is 1. The van der Waals surface area contributed by atoms with Crippen LogP contribution in [0.3, 0.4) is 0 Å². The molecule has 0 aromatic heterocycles. The van der Waals surface area contributed by atoms with Crippen molar-refractivity contribution in [1.29, 1.82) is 0 Å². The third-order valence-corrected chi connectivity index (χ3v) is 5.27. The van der Waals surface area contributed by atoms with E-state index >= 15 is 0 Å². The van der Waals surface area contributed by atoms with Crippen LogP contribution in [0.1, 0.15) is 18.9 Å². The first kappa shape index (κ1) is 21.7. The third-order valence-electron chi connectivity index (χ3n) is 3.89. The average Bonchev–Trinajstić information content (AvgIpc) is 2.92. The fourth-order valence-electron chi connectivity index (χ4n) is 2.38. The molecule has 8 nitrogen and oxygen atoms in total. The highest BCUT2D eigenvalue weighted by Gasteiger charge is 2.32. The van der Waals surface area contributed by atoms with Crippen LogP contribution >= 0.6 is 24.0 Å². The molecule has 0 bridgehead atoms. The van der Waals surface area contributed by atoms with E-state index < -0.39 is 17.9 Å². The summed E-state index contributed by atoms with van der Waals surface area (Å²) in [5, 5.41) is 11.2. The van der Waals surface area contributed by atoms with Gasteiger partial charge in [0, 0.05) is 13.0 Å². The molecule has 1 aromatic carbocycles. The Kier molecular flexibility index (Phi) is 7.41. The monoisotopic (exact) mass is 424 g/mol. The second-order valence-corrected chi connectivity index (χ2v) is 7.50. The van der Waals surface area contributed by atoms with Gasteiger partial charge in [-0.3, -0.25) is 19.3 Å². The molecule has 1 aromatic rings. The topological polar surface area (TPSA) is 105 Å². The van der Waals surface area contributed by atoms with Gasteiger partial charge in [-0.15, -0.1) is 0 Å². The number of thiocarbonyl (C=S) groups is 1. The number of nitrogens with zero attached hydrogens (tertiary/aromatic N) is 1. The fourth-order valence-corrected chi connectivity index (χ4v) is 3.68. The molecular formula is C18H20N2O6S2. The first-order valence-electron chi connectivity index (χ1n) is 8.26. The van der Waals surface area contributed by atoms with Gasteiger partial charge in [0.1, 0.15) is 10.4 Å². The molecule has 1 aliphatic rings. The number of ether oxygens (including phenoxy) is 2. The molecule has 0 spiro atoms. The lowest BCUT2D eigenvalue weighted by atomic mass is 10.2. The van der Waals surface area contributed by atoms with Crippen LogP contribution in [-0.2, 0) is 14.4 Å². The molecule has 2 N–H and O–H groups in total. The highest BCUT2D eigenvalue weighted by atomic mass is 32.2. The van der Waals surface area contributed by atoms with Crippen molar-refractivity contribution in [2.45, 2.75) is 19.4 Å². The van der Waals surface area contributed by atoms with Crippen molar-refractivity contribution in [2.75, 3.05) is 20.8 Å². The van der Waals surface area contributed by atoms with E-state index in [1.54, 1.807) is 24.3 Å². The van der Waals surface area contributed by atoms with Crippen molar-refractivity contribution in [3.05, 3.63) is 28.7 Å². The van der Waals surface area contributed by atoms with E-state index in [0.717, 1.165) is 17.3 Å². The number of hydrogen-bond acceptors (Lipinski definition) is 7. The van der Waals surface area contributed by atoms with Crippen molar-refractivity contribution in [1.82, 2.24) is 10.2 Å². The molecular weight excluding hydrogens is 404 g/mol. The van der Waals surface area contributed by atoms with Gasteiger partial charge < -0.3 is 19.9 Å². The highest BCUT2D eigenvalue weighted by molar-refractivity contribution is 8.26. The molecule has 2 amide bonds. The molecule has 2 rings (SSSR count). The Bertz CT molecular complexity index is 839. The Morgan fingerprint density at radius 2 is 2.00 bits per heavy atom. The Hall–Kier alpha value is -2.59. The minimum atomic E-state index is -1.13. The Labute approximate surface area is 171 Å². The number of carbonyl (C=O) groups excluding carboxylic acids is 2. The summed E-state index contributed by atoms with van der Waals surface area (Å²) in [7, 11) is 3.06. The summed E-state index contributed by atoms with van der Waals surface area (Å²) in [4.78, 5) is 37.0. The van der Waals surface area contributed by atoms with E-state index in [9.17, 15) is 14.4 Å². The second-order valence-electron chi connectivity index (χ2n) is 5.83. The Morgan fingerprint density at radius 1 is 1.32 bits per heavy atom. The van der Waals surface area contributed by atoms with Gasteiger partial charge in [0.2, 0.25) is 5.91 Å². The van der Waals surface area contributed by atoms with Crippen LogP contribution in [0.4, 0.5) is 0 Å². The van der Waals surface area contributed by atoms with Crippen molar-refractivity contribution in [3.63, 3.8) is 0 Å². The summed E-state index contributed by atoms with van der Waals surface area (Å²) in [6.45, 7) is 1.44. The number of amides is 2. The molecule has 1 aliphatic heterocycles. The largest absolute Gasteiger partial charge is 0.493 e. The van der Waals surface area contributed by atoms with Crippen LogP contribution in [0.2, 0.25) is 0 Å². The predicted molar refractivity (Wildman–Crippen MR) is 109 cm³/mol. The van der Waals surface area contributed by atoms with E-state index in [0.29, 0.717) is 20.7 Å². The maximum atomic E-state index is 12.6. The number of rotatable bonds is 8. The first-order valence-corrected chi connectivity index (χ1v) is 9.48. The van der Waals surface area contributed by atoms with Crippen molar-refractivity contribution >= 4 is 52.2 Å². The fraction of sp³-hybridized carbons (Fsp3) is 0.333. The van der Waals surface area contributed by atoms with E-state index in [1.807, 2.05) is 0 Å². The molecule has 1 heterocycles. The van der Waals surface area contributed by atoms with Crippen LogP contribution in [0.5, 0.6) is 11.5 Å². The van der Waals surface area contributed by atoms with Crippen LogP contribution in [0.25, 0.3) is 6.08 Å². The third kappa shape index (κ3) is 5.23. The Morgan fingerprint density at radius 3 is 2.61 bits per heavy atom. The molecule has 1 unspecified atom stereocenters. The van der Waals surface area contributed by atoms with Crippen LogP contribution in [0.15, 0.2) is 23.1 Å². The molecule has 0 radical (unpaired) electrons. The number of hydrogen-bond donors (Lipinski definition) is 2. The lowest BCUT2D eigenvalue weighted by Gasteiger charge is -2.15. The van der Waals surface area contributed by atoms with Crippen molar-refractivity contribution in [3.8, 4) is 11.5 Å². The van der Waals surface area contributed by atoms with Crippen LogP contribution in [-0.4, -0.2) is 58.9 Å². The standard InChI is InChI=1S/C18H20N2O6S2/c1-10(17(23)24)19-15(21)6-7-20-16(22)14(28-18(20)27)9-11-4-5-12(25-2)13(8-11)26-3/h4-5,8-10H,6-7H2,1-3H3,(H,19,21)(H,23,24)/b14-9-. The molecule has 28 heavy (non-hydrogen) atoms. The van der Waals surface area contributed by atoms with Gasteiger partial charge in [0.05, 0.1) is 19.1 Å². The number of carboxylic acid groups (broad SMARTS) is 1. The lowest BCUT2D eigenvalue weighted by Crippen LogP contribution is -2.40. The molecule has 150 valence electrons. The van der Waals surface area contributed by atoms with Crippen LogP contribution < -0.4 is 14.8 Å². The normalized spacial score (nSPS) is 16.2. The van der Waals surface area contributed by atoms with Gasteiger partial charge in [-0.1, -0.05) is 30.0 Å². The SMILES string of the molecule is COc1ccc(/C=C2\SC(=S)N(CCC(=O)NC(C)C(=O)O)C2=O)cc1OC. The minimum Gasteiger partial charge on any atom is -0.493 e. The summed E-state index contributed by atoms with van der Waals surface area (Å²) in [5.41, 5.74) is 0.742. The maximum Gasteiger partial charge on any atom is 0.325 e. The quantitative estimate of drug-likeness (QED) is 0.481. The van der Waals surface area contributed by atoms with Gasteiger partial charge in [-0.2, -0.15) is 0 Å². The summed E-state index contributed by atoms with van der Waals surface area (Å²) >= 11 is 6.38. The van der Waals surface area contributed by atoms with E-state index in [-0.39, 0.29) is 18.9 Å². The first-order chi connectivity index (χ1) is 13.3. The van der Waals surface area contributed by atoms with Crippen LogP contribution in [0, 0.1) is 0 Å². The number of carboxylic acids is 1. The predicted octanol–water partition coefficient (Wildman–Crippen LogP) is 1.88. The van der Waals surface area contributed by atoms with Gasteiger partial charge in [0.25, 0.3) is 5.91 Å². The molecule has 0 saturated carbocycles. The average molecular weight is 425 g/mol. The van der Waals surface area contributed by atoms with Gasteiger partial charge in [0.15, 0.2) is 11.5 Å². The smallest absolute Gasteiger partial charge is 0.325 e. The summed E-state index contributed by atoms with van der Waals surface area (Å²) in [5.74, 6) is -0.779. The van der Waals surface area contributed by atoms with Gasteiger partial charge in [-0.05, 0) is 30.7 Å². The van der Waals surface area contributed by atoms with E-state index in [2.05, 4.69) is 5.32 Å². The van der Waals surface area contributed by atoms with Gasteiger partial charge in [-0.25, -0.2) is 0 Å². The summed E-state index contributed by atoms with van der Waals surface area (Å²) in [6.07, 6.45) is 1.64. The maximum absolute atomic E-state index is 12.6. The summed E-state index contributed by atoms with van der Waals surface area (Å²) in [6, 6.07) is 4.27. The zero-order valence-corrected chi connectivity index (χ0v) is 17.2. The number of benzene rings is 1. The van der Waals surface area contributed by atoms with Crippen molar-refractivity contribution in [2.24, 2.45) is 0 Å². The van der Waals surface area contributed by atoms with E-state index in [4.69, 9.17) is 26.8 Å².